The first-order valence-electron chi connectivity index (χ1n) is 8.29. The van der Waals surface area contributed by atoms with Crippen LogP contribution < -0.4 is 21.7 Å². The fourth-order valence-electron chi connectivity index (χ4n) is 2.30. The lowest BCUT2D eigenvalue weighted by Gasteiger charge is -2.11. The first-order valence-corrected chi connectivity index (χ1v) is 8.29. The molecule has 1 heterocycles. The minimum Gasteiger partial charge on any atom is -0.467 e. The number of anilines is 1. The van der Waals surface area contributed by atoms with E-state index in [9.17, 15) is 14.4 Å². The molecular weight excluding hydrogens is 336 g/mol. The number of amides is 4. The van der Waals surface area contributed by atoms with Crippen LogP contribution in [-0.4, -0.2) is 24.4 Å². The highest BCUT2D eigenvalue weighted by atomic mass is 16.3. The van der Waals surface area contributed by atoms with Crippen molar-refractivity contribution in [3.8, 4) is 0 Å². The first kappa shape index (κ1) is 19.0. The average molecular weight is 358 g/mol. The number of hydrogen-bond acceptors (Lipinski definition) is 4. The molecule has 8 nitrogen and oxygen atoms in total. The SMILES string of the molecule is NC(=O)NCCCCC(=O)Nc1ccccc1C(=O)NCc1ccco1. The minimum absolute atomic E-state index is 0.199. The van der Waals surface area contributed by atoms with Crippen molar-refractivity contribution >= 4 is 23.5 Å². The van der Waals surface area contributed by atoms with Crippen LogP contribution in [0.25, 0.3) is 0 Å². The zero-order valence-corrected chi connectivity index (χ0v) is 14.3. The third kappa shape index (κ3) is 6.31. The van der Waals surface area contributed by atoms with Crippen LogP contribution in [0.3, 0.4) is 0 Å². The summed E-state index contributed by atoms with van der Waals surface area (Å²) < 4.78 is 5.17. The Bertz CT molecular complexity index is 743. The molecule has 138 valence electrons. The number of rotatable bonds is 9. The van der Waals surface area contributed by atoms with E-state index in [1.165, 1.54) is 6.26 Å². The Hall–Kier alpha value is -3.29. The predicted octanol–water partition coefficient (Wildman–Crippen LogP) is 1.99. The maximum atomic E-state index is 12.3. The fourth-order valence-corrected chi connectivity index (χ4v) is 2.30. The van der Waals surface area contributed by atoms with Gasteiger partial charge in [-0.25, -0.2) is 4.79 Å². The Kier molecular flexibility index (Phi) is 7.23. The Morgan fingerprint density at radius 3 is 2.54 bits per heavy atom. The van der Waals surface area contributed by atoms with Crippen LogP contribution in [0.15, 0.2) is 47.1 Å². The molecule has 0 saturated heterocycles. The van der Waals surface area contributed by atoms with Crippen molar-refractivity contribution in [1.29, 1.82) is 0 Å². The molecule has 0 fully saturated rings. The second-order valence-electron chi connectivity index (χ2n) is 5.60. The van der Waals surface area contributed by atoms with E-state index in [1.807, 2.05) is 0 Å². The van der Waals surface area contributed by atoms with Gasteiger partial charge in [0.05, 0.1) is 24.1 Å². The molecule has 0 saturated carbocycles. The summed E-state index contributed by atoms with van der Waals surface area (Å²) in [5, 5.41) is 7.96. The van der Waals surface area contributed by atoms with Crippen LogP contribution >= 0.6 is 0 Å². The number of primary amides is 1. The summed E-state index contributed by atoms with van der Waals surface area (Å²) in [5.41, 5.74) is 5.79. The fraction of sp³-hybridized carbons (Fsp3) is 0.278. The maximum absolute atomic E-state index is 12.3. The Labute approximate surface area is 151 Å². The van der Waals surface area contributed by atoms with Gasteiger partial charge in [0.15, 0.2) is 0 Å². The number of nitrogens with one attached hydrogen (secondary N) is 3. The number of unbranched alkanes of at least 4 members (excludes halogenated alkanes) is 1. The molecule has 1 aromatic heterocycles. The number of benzene rings is 1. The topological polar surface area (TPSA) is 126 Å². The van der Waals surface area contributed by atoms with Crippen LogP contribution in [0.2, 0.25) is 0 Å². The van der Waals surface area contributed by atoms with Gasteiger partial charge in [0, 0.05) is 13.0 Å². The second-order valence-corrected chi connectivity index (χ2v) is 5.60. The molecule has 0 aliphatic heterocycles. The number of para-hydroxylation sites is 1. The van der Waals surface area contributed by atoms with Gasteiger partial charge >= 0.3 is 6.03 Å². The summed E-state index contributed by atoms with van der Waals surface area (Å²) in [6.45, 7) is 0.690. The lowest BCUT2D eigenvalue weighted by Crippen LogP contribution is -2.30. The van der Waals surface area contributed by atoms with Gasteiger partial charge in [-0.15, -0.1) is 0 Å². The quantitative estimate of drug-likeness (QED) is 0.511. The minimum atomic E-state index is -0.580. The highest BCUT2D eigenvalue weighted by Crippen LogP contribution is 2.16. The highest BCUT2D eigenvalue weighted by molar-refractivity contribution is 6.03. The van der Waals surface area contributed by atoms with E-state index >= 15 is 0 Å². The van der Waals surface area contributed by atoms with Crippen molar-refractivity contribution in [3.63, 3.8) is 0 Å². The van der Waals surface area contributed by atoms with Gasteiger partial charge in [-0.1, -0.05) is 12.1 Å². The predicted molar refractivity (Wildman–Crippen MR) is 96.4 cm³/mol. The van der Waals surface area contributed by atoms with E-state index in [0.717, 1.165) is 0 Å². The Morgan fingerprint density at radius 1 is 1.00 bits per heavy atom. The molecular formula is C18H22N4O4. The van der Waals surface area contributed by atoms with Gasteiger partial charge < -0.3 is 26.1 Å². The number of furan rings is 1. The molecule has 0 atom stereocenters. The number of carbonyl (C=O) groups is 3. The van der Waals surface area contributed by atoms with Crippen molar-refractivity contribution in [3.05, 3.63) is 54.0 Å². The molecule has 0 unspecified atom stereocenters. The Balaban J connectivity index is 1.84. The molecule has 0 aliphatic carbocycles. The normalized spacial score (nSPS) is 10.2. The van der Waals surface area contributed by atoms with Gasteiger partial charge in [0.2, 0.25) is 5.91 Å². The molecule has 0 spiro atoms. The standard InChI is InChI=1S/C18H22N4O4/c19-18(25)20-10-4-3-9-16(23)22-15-8-2-1-7-14(15)17(24)21-12-13-6-5-11-26-13/h1-2,5-8,11H,3-4,9-10,12H2,(H,21,24)(H,22,23)(H3,19,20,25). The number of carbonyl (C=O) groups excluding carboxylic acids is 3. The molecule has 0 bridgehead atoms. The molecule has 0 aliphatic rings. The zero-order chi connectivity index (χ0) is 18.8. The lowest BCUT2D eigenvalue weighted by atomic mass is 10.1. The summed E-state index contributed by atoms with van der Waals surface area (Å²) in [7, 11) is 0. The molecule has 4 amide bonds. The van der Waals surface area contributed by atoms with Crippen molar-refractivity contribution in [1.82, 2.24) is 10.6 Å². The summed E-state index contributed by atoms with van der Waals surface area (Å²) in [4.78, 5) is 35.0. The van der Waals surface area contributed by atoms with E-state index in [4.69, 9.17) is 10.2 Å². The number of urea groups is 1. The van der Waals surface area contributed by atoms with E-state index in [0.29, 0.717) is 36.4 Å². The zero-order valence-electron chi connectivity index (χ0n) is 14.3. The summed E-state index contributed by atoms with van der Waals surface area (Å²) >= 11 is 0. The lowest BCUT2D eigenvalue weighted by molar-refractivity contribution is -0.116. The van der Waals surface area contributed by atoms with Gasteiger partial charge in [-0.05, 0) is 37.1 Å². The van der Waals surface area contributed by atoms with E-state index in [-0.39, 0.29) is 24.8 Å². The van der Waals surface area contributed by atoms with Crippen LogP contribution in [0.5, 0.6) is 0 Å². The molecule has 26 heavy (non-hydrogen) atoms. The molecule has 5 N–H and O–H groups in total. The summed E-state index contributed by atoms with van der Waals surface area (Å²) in [5.74, 6) is 0.141. The third-order valence-corrected chi connectivity index (χ3v) is 3.58. The van der Waals surface area contributed by atoms with Crippen LogP contribution in [0, 0.1) is 0 Å². The van der Waals surface area contributed by atoms with Crippen LogP contribution in [0.1, 0.15) is 35.4 Å². The smallest absolute Gasteiger partial charge is 0.312 e. The molecule has 0 radical (unpaired) electrons. The van der Waals surface area contributed by atoms with Crippen molar-refractivity contribution in [2.75, 3.05) is 11.9 Å². The van der Waals surface area contributed by atoms with E-state index in [1.54, 1.807) is 36.4 Å². The molecule has 2 aromatic rings. The van der Waals surface area contributed by atoms with Crippen molar-refractivity contribution in [2.45, 2.75) is 25.8 Å². The first-order chi connectivity index (χ1) is 12.6. The molecule has 1 aromatic carbocycles. The average Bonchev–Trinajstić information content (AvgIpc) is 3.13. The number of hydrogen-bond donors (Lipinski definition) is 4. The van der Waals surface area contributed by atoms with Crippen molar-refractivity contribution < 1.29 is 18.8 Å². The number of nitrogens with two attached hydrogens (primary N) is 1. The van der Waals surface area contributed by atoms with Gasteiger partial charge in [-0.3, -0.25) is 9.59 Å². The Morgan fingerprint density at radius 2 is 1.81 bits per heavy atom. The van der Waals surface area contributed by atoms with Gasteiger partial charge in [0.25, 0.3) is 5.91 Å². The van der Waals surface area contributed by atoms with Crippen molar-refractivity contribution in [2.24, 2.45) is 5.73 Å². The largest absolute Gasteiger partial charge is 0.467 e. The van der Waals surface area contributed by atoms with Gasteiger partial charge in [0.1, 0.15) is 5.76 Å². The van der Waals surface area contributed by atoms with Gasteiger partial charge in [-0.2, -0.15) is 0 Å². The van der Waals surface area contributed by atoms with E-state index in [2.05, 4.69) is 16.0 Å². The second kappa shape index (κ2) is 9.87. The molecule has 2 rings (SSSR count). The third-order valence-electron chi connectivity index (χ3n) is 3.58. The van der Waals surface area contributed by atoms with Crippen LogP contribution in [-0.2, 0) is 11.3 Å². The monoisotopic (exact) mass is 358 g/mol. The summed E-state index contributed by atoms with van der Waals surface area (Å²) in [6, 6.07) is 9.72. The van der Waals surface area contributed by atoms with Crippen LogP contribution in [0.4, 0.5) is 10.5 Å². The summed E-state index contributed by atoms with van der Waals surface area (Å²) in [6.07, 6.45) is 3.05. The van der Waals surface area contributed by atoms with E-state index < -0.39 is 6.03 Å². The molecule has 8 heteroatoms. The maximum Gasteiger partial charge on any atom is 0.312 e. The highest BCUT2D eigenvalue weighted by Gasteiger charge is 2.13.